The summed E-state index contributed by atoms with van der Waals surface area (Å²) in [6.45, 7) is 5.79. The molecule has 1 spiro atoms. The van der Waals surface area contributed by atoms with Gasteiger partial charge in [-0.3, -0.25) is 9.59 Å². The zero-order valence-electron chi connectivity index (χ0n) is 16.2. The number of hydrogen-bond donors (Lipinski definition) is 3. The van der Waals surface area contributed by atoms with E-state index in [2.05, 4.69) is 0 Å². The van der Waals surface area contributed by atoms with Crippen LogP contribution in [-0.4, -0.2) is 82.7 Å². The highest BCUT2D eigenvalue weighted by Crippen LogP contribution is 2.72. The van der Waals surface area contributed by atoms with Crippen molar-refractivity contribution in [2.24, 2.45) is 10.8 Å². The third kappa shape index (κ3) is 2.14. The number of hydrogen-bond acceptors (Lipinski definition) is 9. The molecule has 0 radical (unpaired) electrons. The van der Waals surface area contributed by atoms with Crippen LogP contribution in [0.25, 0.3) is 0 Å². The Morgan fingerprint density at radius 1 is 1.25 bits per heavy atom. The van der Waals surface area contributed by atoms with Crippen LogP contribution in [0.3, 0.4) is 0 Å². The van der Waals surface area contributed by atoms with Crippen molar-refractivity contribution in [3.8, 4) is 0 Å². The van der Waals surface area contributed by atoms with Crippen LogP contribution in [0.4, 0.5) is 0 Å². The third-order valence-electron chi connectivity index (χ3n) is 7.27. The first-order valence-electron chi connectivity index (χ1n) is 9.35. The van der Waals surface area contributed by atoms with E-state index in [9.17, 15) is 24.9 Å². The van der Waals surface area contributed by atoms with Crippen LogP contribution in [0.1, 0.15) is 27.7 Å². The molecule has 28 heavy (non-hydrogen) atoms. The minimum Gasteiger partial charge on any atom is -0.465 e. The number of aliphatic hydroxyl groups is 3. The summed E-state index contributed by atoms with van der Waals surface area (Å²) in [7, 11) is 0. The largest absolute Gasteiger partial charge is 0.465 e. The van der Waals surface area contributed by atoms with E-state index >= 15 is 0 Å². The molecule has 2 bridgehead atoms. The predicted octanol–water partition coefficient (Wildman–Crippen LogP) is -0.933. The Bertz CT molecular complexity index is 744. The van der Waals surface area contributed by atoms with E-state index in [4.69, 9.17) is 18.9 Å². The average Bonchev–Trinajstić information content (AvgIpc) is 3.39. The van der Waals surface area contributed by atoms with Crippen molar-refractivity contribution in [1.82, 2.24) is 0 Å². The maximum atomic E-state index is 11.8. The van der Waals surface area contributed by atoms with Gasteiger partial charge in [0, 0.05) is 13.8 Å². The fourth-order valence-corrected chi connectivity index (χ4v) is 5.71. The SMILES string of the molecule is CC(=O)OCC12C(C=C(C)C(O)C1O)OC1C(O)C(OC(C)=O)C2(C)C12CO2. The number of epoxide rings is 1. The molecule has 9 heteroatoms. The van der Waals surface area contributed by atoms with Crippen molar-refractivity contribution in [3.63, 3.8) is 0 Å². The first kappa shape index (κ1) is 19.8. The summed E-state index contributed by atoms with van der Waals surface area (Å²) in [5.74, 6) is -1.18. The lowest BCUT2D eigenvalue weighted by Crippen LogP contribution is -2.73. The molecule has 2 aliphatic carbocycles. The summed E-state index contributed by atoms with van der Waals surface area (Å²) >= 11 is 0. The van der Waals surface area contributed by atoms with Crippen LogP contribution in [0, 0.1) is 10.8 Å². The normalized spacial score (nSPS) is 51.3. The molecular weight excluding hydrogens is 372 g/mol. The summed E-state index contributed by atoms with van der Waals surface area (Å²) in [6, 6.07) is 0. The molecule has 1 saturated carbocycles. The molecule has 3 N–H and O–H groups in total. The summed E-state index contributed by atoms with van der Waals surface area (Å²) in [5, 5.41) is 32.9. The van der Waals surface area contributed by atoms with Crippen LogP contribution in [0.15, 0.2) is 11.6 Å². The van der Waals surface area contributed by atoms with Gasteiger partial charge in [0.15, 0.2) is 0 Å². The minimum atomic E-state index is -1.41. The van der Waals surface area contributed by atoms with Gasteiger partial charge >= 0.3 is 11.9 Å². The van der Waals surface area contributed by atoms with E-state index in [1.54, 1.807) is 19.9 Å². The first-order chi connectivity index (χ1) is 13.0. The maximum absolute atomic E-state index is 11.8. The molecular formula is C19H26O9. The molecule has 9 nitrogen and oxygen atoms in total. The Morgan fingerprint density at radius 3 is 2.43 bits per heavy atom. The lowest BCUT2D eigenvalue weighted by atomic mass is 9.49. The van der Waals surface area contributed by atoms with Crippen molar-refractivity contribution >= 4 is 11.9 Å². The molecule has 0 aromatic carbocycles. The van der Waals surface area contributed by atoms with Gasteiger partial charge in [-0.05, 0) is 12.5 Å². The van der Waals surface area contributed by atoms with Gasteiger partial charge in [-0.15, -0.1) is 0 Å². The summed E-state index contributed by atoms with van der Waals surface area (Å²) in [6.07, 6.45) is -4.83. The Kier molecular flexibility index (Phi) is 4.23. The van der Waals surface area contributed by atoms with Crippen molar-refractivity contribution in [1.29, 1.82) is 0 Å². The molecule has 0 aromatic heterocycles. The summed E-state index contributed by atoms with van der Waals surface area (Å²) in [4.78, 5) is 23.4. The molecule has 0 aromatic rings. The molecule has 2 heterocycles. The van der Waals surface area contributed by atoms with Gasteiger partial charge in [0.2, 0.25) is 0 Å². The standard InChI is InChI=1S/C19H26O9/c1-8-5-11-18(6-25-9(2)20,14(24)12(8)22)17(4)15(27-10(3)21)13(23)16(28-11)19(17)7-26-19/h5,11-16,22-24H,6-7H2,1-4H3. The van der Waals surface area contributed by atoms with Gasteiger partial charge < -0.3 is 34.3 Å². The monoisotopic (exact) mass is 398 g/mol. The number of fused-ring (bicyclic) bond motifs is 2. The van der Waals surface area contributed by atoms with Gasteiger partial charge in [-0.25, -0.2) is 0 Å². The van der Waals surface area contributed by atoms with Crippen molar-refractivity contribution in [2.45, 2.75) is 69.9 Å². The quantitative estimate of drug-likeness (QED) is 0.313. The third-order valence-corrected chi connectivity index (χ3v) is 7.27. The number of rotatable bonds is 3. The number of esters is 2. The summed E-state index contributed by atoms with van der Waals surface area (Å²) < 4.78 is 22.8. The van der Waals surface area contributed by atoms with E-state index in [0.717, 1.165) is 0 Å². The minimum absolute atomic E-state index is 0.225. The molecule has 4 rings (SSSR count). The highest BCUT2D eigenvalue weighted by atomic mass is 16.7. The van der Waals surface area contributed by atoms with Crippen LogP contribution in [0.2, 0.25) is 0 Å². The molecule has 4 aliphatic rings. The van der Waals surface area contributed by atoms with Crippen LogP contribution < -0.4 is 0 Å². The second-order valence-corrected chi connectivity index (χ2v) is 8.50. The van der Waals surface area contributed by atoms with Crippen LogP contribution in [0.5, 0.6) is 0 Å². The van der Waals surface area contributed by atoms with Gasteiger partial charge in [-0.1, -0.05) is 13.0 Å². The van der Waals surface area contributed by atoms with Gasteiger partial charge in [0.1, 0.15) is 36.6 Å². The lowest BCUT2D eigenvalue weighted by Gasteiger charge is -2.60. The highest BCUT2D eigenvalue weighted by molar-refractivity contribution is 5.67. The van der Waals surface area contributed by atoms with Crippen LogP contribution in [-0.2, 0) is 28.5 Å². The average molecular weight is 398 g/mol. The van der Waals surface area contributed by atoms with E-state index in [0.29, 0.717) is 5.57 Å². The molecule has 2 aliphatic heterocycles. The topological polar surface area (TPSA) is 135 Å². The van der Waals surface area contributed by atoms with Gasteiger partial charge in [0.25, 0.3) is 0 Å². The van der Waals surface area contributed by atoms with Crippen molar-refractivity contribution in [2.75, 3.05) is 13.2 Å². The Morgan fingerprint density at radius 2 is 1.89 bits per heavy atom. The summed E-state index contributed by atoms with van der Waals surface area (Å²) in [5.41, 5.74) is -3.11. The second-order valence-electron chi connectivity index (χ2n) is 8.50. The zero-order valence-corrected chi connectivity index (χ0v) is 16.2. The first-order valence-corrected chi connectivity index (χ1v) is 9.35. The van der Waals surface area contributed by atoms with Crippen LogP contribution >= 0.6 is 0 Å². The van der Waals surface area contributed by atoms with E-state index in [-0.39, 0.29) is 13.2 Å². The molecule has 9 unspecified atom stereocenters. The maximum Gasteiger partial charge on any atom is 0.303 e. The fourth-order valence-electron chi connectivity index (χ4n) is 5.71. The van der Waals surface area contributed by atoms with Gasteiger partial charge in [0.05, 0.1) is 29.6 Å². The number of aliphatic hydroxyl groups excluding tert-OH is 3. The van der Waals surface area contributed by atoms with Gasteiger partial charge in [-0.2, -0.15) is 0 Å². The highest BCUT2D eigenvalue weighted by Gasteiger charge is 2.87. The van der Waals surface area contributed by atoms with Crippen molar-refractivity contribution < 1.29 is 43.9 Å². The number of ether oxygens (including phenoxy) is 4. The fraction of sp³-hybridized carbons (Fsp3) is 0.789. The molecule has 2 saturated heterocycles. The molecule has 9 atom stereocenters. The lowest BCUT2D eigenvalue weighted by molar-refractivity contribution is -0.274. The number of carbonyl (C=O) groups is 2. The smallest absolute Gasteiger partial charge is 0.303 e. The number of carbonyl (C=O) groups excluding carboxylic acids is 2. The van der Waals surface area contributed by atoms with E-state index in [1.165, 1.54) is 13.8 Å². The van der Waals surface area contributed by atoms with E-state index < -0.39 is 65.0 Å². The zero-order chi connectivity index (χ0) is 20.6. The Hall–Kier alpha value is -1.52. The Labute approximate surface area is 162 Å². The van der Waals surface area contributed by atoms with Crippen molar-refractivity contribution in [3.05, 3.63) is 11.6 Å². The Balaban J connectivity index is 1.93. The molecule has 3 fully saturated rings. The molecule has 156 valence electrons. The van der Waals surface area contributed by atoms with E-state index in [1.807, 2.05) is 0 Å². The molecule has 0 amide bonds. The predicted molar refractivity (Wildman–Crippen MR) is 91.8 cm³/mol. The second kappa shape index (κ2) is 5.99.